The third-order valence-electron chi connectivity index (χ3n) is 3.67. The molecule has 3 rings (SSSR count). The Morgan fingerprint density at radius 1 is 1.15 bits per heavy atom. The highest BCUT2D eigenvalue weighted by Gasteiger charge is 2.37. The summed E-state index contributed by atoms with van der Waals surface area (Å²) in [6.45, 7) is -0.0495. The summed E-state index contributed by atoms with van der Waals surface area (Å²) in [5, 5.41) is 0. The van der Waals surface area contributed by atoms with Crippen LogP contribution in [-0.2, 0) is 11.3 Å². The van der Waals surface area contributed by atoms with Gasteiger partial charge in [-0.1, -0.05) is 0 Å². The van der Waals surface area contributed by atoms with Crippen molar-refractivity contribution in [1.29, 1.82) is 0 Å². The van der Waals surface area contributed by atoms with E-state index in [1.807, 2.05) is 0 Å². The third-order valence-corrected chi connectivity index (χ3v) is 3.67. The number of pyridine rings is 1. The lowest BCUT2D eigenvalue weighted by molar-refractivity contribution is -0.274. The van der Waals surface area contributed by atoms with Gasteiger partial charge in [-0.2, -0.15) is 0 Å². The summed E-state index contributed by atoms with van der Waals surface area (Å²) < 4.78 is 40.4. The maximum Gasteiger partial charge on any atom is 0.573 e. The number of hydrogen-bond donors (Lipinski definition) is 1. The molecule has 0 saturated carbocycles. The maximum absolute atomic E-state index is 12.5. The number of halogens is 3. The van der Waals surface area contributed by atoms with Crippen LogP contribution in [0.15, 0.2) is 42.7 Å². The van der Waals surface area contributed by atoms with Crippen molar-refractivity contribution in [1.82, 2.24) is 9.88 Å². The van der Waals surface area contributed by atoms with E-state index in [4.69, 9.17) is 5.73 Å². The summed E-state index contributed by atoms with van der Waals surface area (Å²) in [6, 6.07) is 5.54. The molecule has 2 heterocycles. The number of nitrogens with two attached hydrogens (primary N) is 1. The SMILES string of the molecule is Nc1cnccc1CN1CC(=O)N(c2ccc(OC(F)(F)F)cc2)C1=O. The van der Waals surface area contributed by atoms with Crippen LogP contribution in [0, 0.1) is 0 Å². The molecule has 3 amide bonds. The molecule has 0 atom stereocenters. The number of nitrogen functional groups attached to an aromatic ring is 1. The molecule has 1 aliphatic heterocycles. The fourth-order valence-corrected chi connectivity index (χ4v) is 2.51. The molecular formula is C16H13F3N4O3. The van der Waals surface area contributed by atoms with Gasteiger partial charge in [0.1, 0.15) is 12.3 Å². The van der Waals surface area contributed by atoms with Crippen molar-refractivity contribution in [3.8, 4) is 5.75 Å². The highest BCUT2D eigenvalue weighted by molar-refractivity contribution is 6.19. The predicted molar refractivity (Wildman–Crippen MR) is 85.1 cm³/mol. The van der Waals surface area contributed by atoms with Crippen LogP contribution in [0.1, 0.15) is 5.56 Å². The van der Waals surface area contributed by atoms with Gasteiger partial charge < -0.3 is 15.4 Å². The van der Waals surface area contributed by atoms with E-state index in [2.05, 4.69) is 9.72 Å². The first kappa shape index (κ1) is 17.5. The summed E-state index contributed by atoms with van der Waals surface area (Å²) in [5.41, 5.74) is 6.96. The van der Waals surface area contributed by atoms with Gasteiger partial charge in [0.15, 0.2) is 0 Å². The number of amides is 3. The standard InChI is InChI=1S/C16H13F3N4O3/c17-16(18,19)26-12-3-1-11(2-4-12)23-14(24)9-22(15(23)25)8-10-5-6-21-7-13(10)20/h1-7H,8-9,20H2. The molecule has 1 aliphatic rings. The second-order valence-electron chi connectivity index (χ2n) is 5.48. The summed E-state index contributed by atoms with van der Waals surface area (Å²) in [6.07, 6.45) is -1.86. The predicted octanol–water partition coefficient (Wildman–Crippen LogP) is 2.53. The van der Waals surface area contributed by atoms with E-state index >= 15 is 0 Å². The largest absolute Gasteiger partial charge is 0.573 e. The van der Waals surface area contributed by atoms with Crippen LogP contribution in [0.4, 0.5) is 29.3 Å². The van der Waals surface area contributed by atoms with Crippen molar-refractivity contribution < 1.29 is 27.5 Å². The number of carbonyl (C=O) groups excluding carboxylic acids is 2. The van der Waals surface area contributed by atoms with E-state index in [1.165, 1.54) is 29.4 Å². The fraction of sp³-hybridized carbons (Fsp3) is 0.188. The Labute approximate surface area is 145 Å². The minimum Gasteiger partial charge on any atom is -0.406 e. The lowest BCUT2D eigenvalue weighted by Gasteiger charge is -2.18. The van der Waals surface area contributed by atoms with Gasteiger partial charge in [0.05, 0.1) is 24.1 Å². The smallest absolute Gasteiger partial charge is 0.406 e. The van der Waals surface area contributed by atoms with E-state index in [0.717, 1.165) is 17.0 Å². The Bertz CT molecular complexity index is 839. The van der Waals surface area contributed by atoms with Gasteiger partial charge in [-0.05, 0) is 35.9 Å². The van der Waals surface area contributed by atoms with Gasteiger partial charge in [0.2, 0.25) is 0 Å². The number of rotatable bonds is 4. The molecule has 10 heteroatoms. The molecule has 136 valence electrons. The van der Waals surface area contributed by atoms with Gasteiger partial charge in [0, 0.05) is 6.20 Å². The van der Waals surface area contributed by atoms with Crippen molar-refractivity contribution in [2.45, 2.75) is 12.9 Å². The van der Waals surface area contributed by atoms with Gasteiger partial charge >= 0.3 is 12.4 Å². The van der Waals surface area contributed by atoms with Crippen LogP contribution in [-0.4, -0.2) is 34.7 Å². The summed E-state index contributed by atoms with van der Waals surface area (Å²) in [4.78, 5) is 30.7. The van der Waals surface area contributed by atoms with Crippen LogP contribution < -0.4 is 15.4 Å². The van der Waals surface area contributed by atoms with E-state index in [0.29, 0.717) is 11.3 Å². The number of anilines is 2. The molecule has 7 nitrogen and oxygen atoms in total. The average Bonchev–Trinajstić information content (AvgIpc) is 2.83. The number of nitrogens with zero attached hydrogens (tertiary/aromatic N) is 3. The molecule has 0 spiro atoms. The van der Waals surface area contributed by atoms with Crippen molar-refractivity contribution in [2.75, 3.05) is 17.2 Å². The van der Waals surface area contributed by atoms with Gasteiger partial charge in [-0.25, -0.2) is 9.69 Å². The lowest BCUT2D eigenvalue weighted by atomic mass is 10.2. The zero-order valence-corrected chi connectivity index (χ0v) is 13.2. The van der Waals surface area contributed by atoms with E-state index in [9.17, 15) is 22.8 Å². The number of benzene rings is 1. The second-order valence-corrected chi connectivity index (χ2v) is 5.48. The van der Waals surface area contributed by atoms with Crippen LogP contribution in [0.5, 0.6) is 5.75 Å². The number of alkyl halides is 3. The van der Waals surface area contributed by atoms with Gasteiger partial charge in [0.25, 0.3) is 5.91 Å². The number of hydrogen-bond acceptors (Lipinski definition) is 5. The minimum absolute atomic E-state index is 0.116. The molecule has 0 unspecified atom stereocenters. The van der Waals surface area contributed by atoms with Gasteiger partial charge in [-0.15, -0.1) is 13.2 Å². The van der Waals surface area contributed by atoms with Gasteiger partial charge in [-0.3, -0.25) is 9.78 Å². The molecule has 2 N–H and O–H groups in total. The second kappa shape index (κ2) is 6.54. The topological polar surface area (TPSA) is 88.8 Å². The van der Waals surface area contributed by atoms with Crippen molar-refractivity contribution in [2.24, 2.45) is 0 Å². The van der Waals surface area contributed by atoms with Crippen molar-refractivity contribution >= 4 is 23.3 Å². The maximum atomic E-state index is 12.5. The quantitative estimate of drug-likeness (QED) is 0.840. The molecule has 1 saturated heterocycles. The molecule has 1 aromatic heterocycles. The number of imide groups is 1. The van der Waals surface area contributed by atoms with E-state index < -0.39 is 24.1 Å². The summed E-state index contributed by atoms with van der Waals surface area (Å²) >= 11 is 0. The summed E-state index contributed by atoms with van der Waals surface area (Å²) in [5.74, 6) is -0.936. The fourth-order valence-electron chi connectivity index (χ4n) is 2.51. The number of aromatic nitrogens is 1. The first-order valence-corrected chi connectivity index (χ1v) is 7.40. The van der Waals surface area contributed by atoms with Crippen LogP contribution >= 0.6 is 0 Å². The first-order chi connectivity index (χ1) is 12.2. The average molecular weight is 366 g/mol. The van der Waals surface area contributed by atoms with Crippen molar-refractivity contribution in [3.63, 3.8) is 0 Å². The zero-order chi connectivity index (χ0) is 18.9. The van der Waals surface area contributed by atoms with E-state index in [1.54, 1.807) is 6.07 Å². The minimum atomic E-state index is -4.82. The van der Waals surface area contributed by atoms with Crippen molar-refractivity contribution in [3.05, 3.63) is 48.3 Å². The Kier molecular flexibility index (Phi) is 4.41. The molecule has 2 aromatic rings. The summed E-state index contributed by atoms with van der Waals surface area (Å²) in [7, 11) is 0. The molecule has 1 fully saturated rings. The lowest BCUT2D eigenvalue weighted by Crippen LogP contribution is -2.32. The zero-order valence-electron chi connectivity index (χ0n) is 13.2. The Morgan fingerprint density at radius 3 is 2.46 bits per heavy atom. The van der Waals surface area contributed by atoms with Crippen LogP contribution in [0.2, 0.25) is 0 Å². The molecular weight excluding hydrogens is 353 g/mol. The number of urea groups is 1. The molecule has 0 radical (unpaired) electrons. The van der Waals surface area contributed by atoms with Crippen LogP contribution in [0.25, 0.3) is 0 Å². The number of carbonyl (C=O) groups is 2. The molecule has 0 bridgehead atoms. The first-order valence-electron chi connectivity index (χ1n) is 7.40. The Morgan fingerprint density at radius 2 is 1.85 bits per heavy atom. The highest BCUT2D eigenvalue weighted by atomic mass is 19.4. The third kappa shape index (κ3) is 3.68. The Balaban J connectivity index is 1.76. The highest BCUT2D eigenvalue weighted by Crippen LogP contribution is 2.28. The normalized spacial score (nSPS) is 14.9. The molecule has 0 aliphatic carbocycles. The molecule has 26 heavy (non-hydrogen) atoms. The van der Waals surface area contributed by atoms with Crippen LogP contribution in [0.3, 0.4) is 0 Å². The molecule has 1 aromatic carbocycles. The monoisotopic (exact) mass is 366 g/mol. The Hall–Kier alpha value is -3.30. The number of ether oxygens (including phenoxy) is 1. The van der Waals surface area contributed by atoms with E-state index in [-0.39, 0.29) is 18.8 Å².